The number of ether oxygens (including phenoxy) is 1. The average molecular weight is 230 g/mol. The summed E-state index contributed by atoms with van der Waals surface area (Å²) in [6.07, 6.45) is 2.41. The highest BCUT2D eigenvalue weighted by molar-refractivity contribution is 4.70. The minimum absolute atomic E-state index is 0.277. The summed E-state index contributed by atoms with van der Waals surface area (Å²) in [6, 6.07) is 0. The van der Waals surface area contributed by atoms with Gasteiger partial charge in [0.15, 0.2) is 0 Å². The maximum Gasteiger partial charge on any atom is 0.0791 e. The van der Waals surface area contributed by atoms with Crippen molar-refractivity contribution in [2.24, 2.45) is 0 Å². The first kappa shape index (κ1) is 13.9. The molecule has 2 atom stereocenters. The molecule has 0 aromatic carbocycles. The van der Waals surface area contributed by atoms with Gasteiger partial charge in [0.25, 0.3) is 0 Å². The van der Waals surface area contributed by atoms with Crippen molar-refractivity contribution in [1.82, 2.24) is 10.2 Å². The van der Waals surface area contributed by atoms with Gasteiger partial charge in [0.2, 0.25) is 0 Å². The van der Waals surface area contributed by atoms with Crippen LogP contribution in [0.2, 0.25) is 0 Å². The van der Waals surface area contributed by atoms with Gasteiger partial charge in [0, 0.05) is 26.2 Å². The molecule has 1 aliphatic rings. The van der Waals surface area contributed by atoms with Crippen LogP contribution >= 0.6 is 0 Å². The summed E-state index contributed by atoms with van der Waals surface area (Å²) < 4.78 is 5.50. The molecule has 4 nitrogen and oxygen atoms in total. The van der Waals surface area contributed by atoms with E-state index in [-0.39, 0.29) is 6.10 Å². The lowest BCUT2D eigenvalue weighted by Gasteiger charge is -2.22. The highest BCUT2D eigenvalue weighted by atomic mass is 16.5. The third-order valence-corrected chi connectivity index (χ3v) is 3.14. The first-order valence-corrected chi connectivity index (χ1v) is 6.49. The number of nitrogens with one attached hydrogen (secondary N) is 1. The van der Waals surface area contributed by atoms with E-state index in [0.717, 1.165) is 39.2 Å². The molecule has 1 heterocycles. The molecule has 0 amide bonds. The second kappa shape index (κ2) is 8.01. The minimum Gasteiger partial charge on any atom is -0.390 e. The van der Waals surface area contributed by atoms with Gasteiger partial charge in [-0.1, -0.05) is 13.8 Å². The largest absolute Gasteiger partial charge is 0.390 e. The first-order chi connectivity index (χ1) is 7.76. The SMILES string of the molecule is CCN(CC)CC(O)CNCC1CCCO1. The normalized spacial score (nSPS) is 22.9. The second-order valence-electron chi connectivity index (χ2n) is 4.43. The van der Waals surface area contributed by atoms with Crippen LogP contribution in [0.25, 0.3) is 0 Å². The molecule has 1 fully saturated rings. The molecule has 4 heteroatoms. The number of rotatable bonds is 8. The van der Waals surface area contributed by atoms with Gasteiger partial charge < -0.3 is 20.1 Å². The molecular formula is C12H26N2O2. The fourth-order valence-corrected chi connectivity index (χ4v) is 2.06. The zero-order valence-electron chi connectivity index (χ0n) is 10.6. The van der Waals surface area contributed by atoms with E-state index in [1.54, 1.807) is 0 Å². The summed E-state index contributed by atoms with van der Waals surface area (Å²) in [5, 5.41) is 13.1. The van der Waals surface area contributed by atoms with Crippen molar-refractivity contribution in [3.8, 4) is 0 Å². The van der Waals surface area contributed by atoms with Gasteiger partial charge in [-0.15, -0.1) is 0 Å². The zero-order chi connectivity index (χ0) is 11.8. The molecule has 16 heavy (non-hydrogen) atoms. The molecule has 0 spiro atoms. The first-order valence-electron chi connectivity index (χ1n) is 6.49. The van der Waals surface area contributed by atoms with E-state index in [1.165, 1.54) is 6.42 Å². The van der Waals surface area contributed by atoms with Crippen LogP contribution in [0.1, 0.15) is 26.7 Å². The van der Waals surface area contributed by atoms with Crippen LogP contribution in [0.15, 0.2) is 0 Å². The second-order valence-corrected chi connectivity index (χ2v) is 4.43. The summed E-state index contributed by atoms with van der Waals surface area (Å²) in [5.41, 5.74) is 0. The minimum atomic E-state index is -0.277. The Hall–Kier alpha value is -0.160. The van der Waals surface area contributed by atoms with E-state index in [1.807, 2.05) is 0 Å². The number of hydrogen-bond donors (Lipinski definition) is 2. The molecule has 2 N–H and O–H groups in total. The van der Waals surface area contributed by atoms with Crippen molar-refractivity contribution in [1.29, 1.82) is 0 Å². The Bertz CT molecular complexity index is 168. The Morgan fingerprint density at radius 1 is 1.44 bits per heavy atom. The summed E-state index contributed by atoms with van der Waals surface area (Å²) in [5.74, 6) is 0. The molecule has 96 valence electrons. The van der Waals surface area contributed by atoms with E-state index in [0.29, 0.717) is 12.6 Å². The Morgan fingerprint density at radius 2 is 2.19 bits per heavy atom. The van der Waals surface area contributed by atoms with Crippen LogP contribution in [0.3, 0.4) is 0 Å². The van der Waals surface area contributed by atoms with Gasteiger partial charge in [-0.25, -0.2) is 0 Å². The van der Waals surface area contributed by atoms with Crippen LogP contribution in [-0.2, 0) is 4.74 Å². The summed E-state index contributed by atoms with van der Waals surface area (Å²) in [4.78, 5) is 2.23. The molecule has 2 unspecified atom stereocenters. The highest BCUT2D eigenvalue weighted by Crippen LogP contribution is 2.10. The van der Waals surface area contributed by atoms with Crippen molar-refractivity contribution < 1.29 is 9.84 Å². The molecule has 0 saturated carbocycles. The molecule has 0 bridgehead atoms. The third kappa shape index (κ3) is 5.25. The van der Waals surface area contributed by atoms with Crippen molar-refractivity contribution in [3.63, 3.8) is 0 Å². The number of aliphatic hydroxyl groups excluding tert-OH is 1. The number of hydrogen-bond acceptors (Lipinski definition) is 4. The molecule has 1 saturated heterocycles. The van der Waals surface area contributed by atoms with Gasteiger partial charge in [-0.3, -0.25) is 0 Å². The molecule has 1 rings (SSSR count). The van der Waals surface area contributed by atoms with Gasteiger partial charge in [0.05, 0.1) is 12.2 Å². The zero-order valence-corrected chi connectivity index (χ0v) is 10.6. The highest BCUT2D eigenvalue weighted by Gasteiger charge is 2.15. The van der Waals surface area contributed by atoms with Crippen molar-refractivity contribution in [3.05, 3.63) is 0 Å². The van der Waals surface area contributed by atoms with Gasteiger partial charge in [-0.05, 0) is 25.9 Å². The number of likely N-dealkylation sites (N-methyl/N-ethyl adjacent to an activating group) is 1. The fraction of sp³-hybridized carbons (Fsp3) is 1.00. The number of aliphatic hydroxyl groups is 1. The lowest BCUT2D eigenvalue weighted by atomic mass is 10.2. The Morgan fingerprint density at radius 3 is 2.75 bits per heavy atom. The quantitative estimate of drug-likeness (QED) is 0.636. The Balaban J connectivity index is 2.02. The smallest absolute Gasteiger partial charge is 0.0791 e. The van der Waals surface area contributed by atoms with E-state index in [2.05, 4.69) is 24.1 Å². The lowest BCUT2D eigenvalue weighted by Crippen LogP contribution is -2.40. The molecule has 0 radical (unpaired) electrons. The monoisotopic (exact) mass is 230 g/mol. The maximum atomic E-state index is 9.81. The standard InChI is InChI=1S/C12H26N2O2/c1-3-14(4-2)10-11(15)8-13-9-12-6-5-7-16-12/h11-13,15H,3-10H2,1-2H3. The predicted octanol–water partition coefficient (Wildman–Crippen LogP) is 0.458. The van der Waals surface area contributed by atoms with Crippen LogP contribution in [0.4, 0.5) is 0 Å². The van der Waals surface area contributed by atoms with E-state index in [4.69, 9.17) is 4.74 Å². The van der Waals surface area contributed by atoms with Gasteiger partial charge in [-0.2, -0.15) is 0 Å². The van der Waals surface area contributed by atoms with Gasteiger partial charge >= 0.3 is 0 Å². The molecule has 0 aromatic heterocycles. The van der Waals surface area contributed by atoms with E-state index >= 15 is 0 Å². The molecule has 0 aliphatic carbocycles. The summed E-state index contributed by atoms with van der Waals surface area (Å²) in [6.45, 7) is 9.43. The van der Waals surface area contributed by atoms with E-state index < -0.39 is 0 Å². The summed E-state index contributed by atoms with van der Waals surface area (Å²) in [7, 11) is 0. The van der Waals surface area contributed by atoms with Crippen LogP contribution in [-0.4, -0.2) is 61.5 Å². The Labute approximate surface area is 99.0 Å². The van der Waals surface area contributed by atoms with Crippen molar-refractivity contribution in [2.75, 3.05) is 39.3 Å². The van der Waals surface area contributed by atoms with Crippen molar-refractivity contribution in [2.45, 2.75) is 38.9 Å². The maximum absolute atomic E-state index is 9.81. The molecular weight excluding hydrogens is 204 g/mol. The molecule has 0 aromatic rings. The fourth-order valence-electron chi connectivity index (χ4n) is 2.06. The van der Waals surface area contributed by atoms with Crippen LogP contribution < -0.4 is 5.32 Å². The Kier molecular flexibility index (Phi) is 6.96. The molecule has 1 aliphatic heterocycles. The number of nitrogens with zero attached hydrogens (tertiary/aromatic N) is 1. The van der Waals surface area contributed by atoms with Crippen molar-refractivity contribution >= 4 is 0 Å². The third-order valence-electron chi connectivity index (χ3n) is 3.14. The van der Waals surface area contributed by atoms with Gasteiger partial charge in [0.1, 0.15) is 0 Å². The summed E-state index contributed by atoms with van der Waals surface area (Å²) >= 11 is 0. The van der Waals surface area contributed by atoms with E-state index in [9.17, 15) is 5.11 Å². The van der Waals surface area contributed by atoms with Crippen LogP contribution in [0, 0.1) is 0 Å². The topological polar surface area (TPSA) is 44.7 Å². The van der Waals surface area contributed by atoms with Crippen LogP contribution in [0.5, 0.6) is 0 Å². The lowest BCUT2D eigenvalue weighted by molar-refractivity contribution is 0.0932. The predicted molar refractivity (Wildman–Crippen MR) is 65.6 cm³/mol. The average Bonchev–Trinajstić information content (AvgIpc) is 2.79.